The molecular formula is C21H30FN3O2. The molecule has 27 heavy (non-hydrogen) atoms. The SMILES string of the molecule is CCCN(CCC)C(=O)C1(C(=O)N2CCN(c3ccc(F)cc3)CC2)CC1. The predicted octanol–water partition coefficient (Wildman–Crippen LogP) is 2.90. The first-order valence-electron chi connectivity index (χ1n) is 10.1. The maximum Gasteiger partial charge on any atom is 0.238 e. The van der Waals surface area contributed by atoms with Gasteiger partial charge in [-0.3, -0.25) is 9.59 Å². The second-order valence-electron chi connectivity index (χ2n) is 7.63. The molecule has 0 atom stereocenters. The molecular weight excluding hydrogens is 345 g/mol. The summed E-state index contributed by atoms with van der Waals surface area (Å²) in [6, 6.07) is 6.46. The lowest BCUT2D eigenvalue weighted by Crippen LogP contribution is -2.54. The van der Waals surface area contributed by atoms with Crippen LogP contribution in [0.15, 0.2) is 24.3 Å². The van der Waals surface area contributed by atoms with E-state index in [4.69, 9.17) is 0 Å². The lowest BCUT2D eigenvalue weighted by Gasteiger charge is -2.38. The Morgan fingerprint density at radius 1 is 1.00 bits per heavy atom. The van der Waals surface area contributed by atoms with Gasteiger partial charge in [0.2, 0.25) is 11.8 Å². The molecule has 3 rings (SSSR count). The summed E-state index contributed by atoms with van der Waals surface area (Å²) in [6.07, 6.45) is 3.16. The molecule has 0 bridgehead atoms. The largest absolute Gasteiger partial charge is 0.368 e. The van der Waals surface area contributed by atoms with E-state index in [0.717, 1.165) is 31.6 Å². The van der Waals surface area contributed by atoms with Gasteiger partial charge in [-0.25, -0.2) is 4.39 Å². The Hall–Kier alpha value is -2.11. The van der Waals surface area contributed by atoms with Crippen molar-refractivity contribution < 1.29 is 14.0 Å². The Kier molecular flexibility index (Phi) is 6.02. The molecule has 2 amide bonds. The highest BCUT2D eigenvalue weighted by molar-refractivity contribution is 6.07. The third-order valence-electron chi connectivity index (χ3n) is 5.60. The monoisotopic (exact) mass is 375 g/mol. The first kappa shape index (κ1) is 19.6. The number of carbonyl (C=O) groups excluding carboxylic acids is 2. The van der Waals surface area contributed by atoms with E-state index in [1.165, 1.54) is 12.1 Å². The van der Waals surface area contributed by atoms with Crippen LogP contribution in [0.1, 0.15) is 39.5 Å². The molecule has 1 aromatic carbocycles. The minimum atomic E-state index is -0.803. The molecule has 6 heteroatoms. The molecule has 1 saturated heterocycles. The number of rotatable bonds is 7. The smallest absolute Gasteiger partial charge is 0.238 e. The van der Waals surface area contributed by atoms with Crippen molar-refractivity contribution in [3.63, 3.8) is 0 Å². The van der Waals surface area contributed by atoms with Gasteiger partial charge in [0.05, 0.1) is 0 Å². The average molecular weight is 375 g/mol. The highest BCUT2D eigenvalue weighted by Gasteiger charge is 2.59. The van der Waals surface area contributed by atoms with Gasteiger partial charge in [-0.15, -0.1) is 0 Å². The van der Waals surface area contributed by atoms with Crippen molar-refractivity contribution in [1.82, 2.24) is 9.80 Å². The van der Waals surface area contributed by atoms with Crippen LogP contribution in [-0.4, -0.2) is 60.9 Å². The highest BCUT2D eigenvalue weighted by atomic mass is 19.1. The molecule has 2 fully saturated rings. The molecule has 148 valence electrons. The van der Waals surface area contributed by atoms with E-state index in [1.54, 1.807) is 12.1 Å². The van der Waals surface area contributed by atoms with Gasteiger partial charge in [0.25, 0.3) is 0 Å². The van der Waals surface area contributed by atoms with Crippen LogP contribution in [0.5, 0.6) is 0 Å². The summed E-state index contributed by atoms with van der Waals surface area (Å²) in [6.45, 7) is 8.18. The first-order valence-corrected chi connectivity index (χ1v) is 10.1. The van der Waals surface area contributed by atoms with E-state index < -0.39 is 5.41 Å². The predicted molar refractivity (Wildman–Crippen MR) is 104 cm³/mol. The Bertz CT molecular complexity index is 659. The fourth-order valence-corrected chi connectivity index (χ4v) is 3.92. The zero-order valence-electron chi connectivity index (χ0n) is 16.4. The molecule has 1 aliphatic heterocycles. The summed E-state index contributed by atoms with van der Waals surface area (Å²) >= 11 is 0. The lowest BCUT2D eigenvalue weighted by molar-refractivity contribution is -0.149. The van der Waals surface area contributed by atoms with Crippen molar-refractivity contribution in [2.45, 2.75) is 39.5 Å². The quantitative estimate of drug-likeness (QED) is 0.689. The summed E-state index contributed by atoms with van der Waals surface area (Å²) in [7, 11) is 0. The molecule has 1 aliphatic carbocycles. The summed E-state index contributed by atoms with van der Waals surface area (Å²) in [4.78, 5) is 32.1. The minimum Gasteiger partial charge on any atom is -0.368 e. The molecule has 5 nitrogen and oxygen atoms in total. The molecule has 0 N–H and O–H groups in total. The molecule has 0 radical (unpaired) electrons. The third-order valence-corrected chi connectivity index (χ3v) is 5.60. The van der Waals surface area contributed by atoms with E-state index in [2.05, 4.69) is 18.7 Å². The molecule has 1 saturated carbocycles. The number of halogens is 1. The van der Waals surface area contributed by atoms with Crippen LogP contribution in [0.4, 0.5) is 10.1 Å². The van der Waals surface area contributed by atoms with Gasteiger partial charge in [0.1, 0.15) is 11.2 Å². The van der Waals surface area contributed by atoms with Crippen molar-refractivity contribution in [2.24, 2.45) is 5.41 Å². The summed E-state index contributed by atoms with van der Waals surface area (Å²) < 4.78 is 13.1. The van der Waals surface area contributed by atoms with E-state index >= 15 is 0 Å². The van der Waals surface area contributed by atoms with Crippen molar-refractivity contribution in [1.29, 1.82) is 0 Å². The number of anilines is 1. The van der Waals surface area contributed by atoms with E-state index in [9.17, 15) is 14.0 Å². The van der Waals surface area contributed by atoms with Crippen LogP contribution >= 0.6 is 0 Å². The topological polar surface area (TPSA) is 43.9 Å². The standard InChI is InChI=1S/C21H30FN3O2/c1-3-11-24(12-4-2)19(26)21(9-10-21)20(27)25-15-13-23(14-16-25)18-7-5-17(22)6-8-18/h5-8H,3-4,9-16H2,1-2H3. The maximum absolute atomic E-state index is 13.1. The Balaban J connectivity index is 1.61. The number of hydrogen-bond acceptors (Lipinski definition) is 3. The van der Waals surface area contributed by atoms with E-state index in [1.807, 2.05) is 9.80 Å². The van der Waals surface area contributed by atoms with Crippen LogP contribution < -0.4 is 4.90 Å². The van der Waals surface area contributed by atoms with Gasteiger partial charge in [-0.2, -0.15) is 0 Å². The Morgan fingerprint density at radius 2 is 1.56 bits per heavy atom. The van der Waals surface area contributed by atoms with Crippen LogP contribution in [0.2, 0.25) is 0 Å². The van der Waals surface area contributed by atoms with Crippen LogP contribution in [0.25, 0.3) is 0 Å². The van der Waals surface area contributed by atoms with Gasteiger partial charge in [0, 0.05) is 45.0 Å². The van der Waals surface area contributed by atoms with Gasteiger partial charge in [-0.05, 0) is 49.9 Å². The summed E-state index contributed by atoms with van der Waals surface area (Å²) in [5.74, 6) is -0.217. The molecule has 0 spiro atoms. The third kappa shape index (κ3) is 4.09. The number of nitrogens with zero attached hydrogens (tertiary/aromatic N) is 3. The van der Waals surface area contributed by atoms with Crippen LogP contribution in [0, 0.1) is 11.2 Å². The molecule has 2 aliphatic rings. The minimum absolute atomic E-state index is 0.00321. The number of amides is 2. The van der Waals surface area contributed by atoms with Crippen molar-refractivity contribution in [2.75, 3.05) is 44.2 Å². The zero-order chi connectivity index (χ0) is 19.4. The van der Waals surface area contributed by atoms with Crippen LogP contribution in [0.3, 0.4) is 0 Å². The fourth-order valence-electron chi connectivity index (χ4n) is 3.92. The highest BCUT2D eigenvalue weighted by Crippen LogP contribution is 2.49. The summed E-state index contributed by atoms with van der Waals surface area (Å²) in [5.41, 5.74) is 0.167. The van der Waals surface area contributed by atoms with Gasteiger partial charge < -0.3 is 14.7 Å². The second kappa shape index (κ2) is 8.28. The second-order valence-corrected chi connectivity index (χ2v) is 7.63. The van der Waals surface area contributed by atoms with Crippen molar-refractivity contribution in [3.05, 3.63) is 30.1 Å². The van der Waals surface area contributed by atoms with Crippen molar-refractivity contribution in [3.8, 4) is 0 Å². The lowest BCUT2D eigenvalue weighted by atomic mass is 10.0. The van der Waals surface area contributed by atoms with E-state index in [-0.39, 0.29) is 17.6 Å². The Labute approximate surface area is 161 Å². The first-order chi connectivity index (χ1) is 13.0. The maximum atomic E-state index is 13.1. The average Bonchev–Trinajstić information content (AvgIpc) is 3.49. The number of benzene rings is 1. The molecule has 1 heterocycles. The number of carbonyl (C=O) groups is 2. The number of hydrogen-bond donors (Lipinski definition) is 0. The van der Waals surface area contributed by atoms with Crippen molar-refractivity contribution >= 4 is 17.5 Å². The van der Waals surface area contributed by atoms with Gasteiger partial charge >= 0.3 is 0 Å². The molecule has 1 aromatic rings. The molecule has 0 aromatic heterocycles. The normalized spacial score (nSPS) is 18.3. The number of piperazine rings is 1. The molecule has 0 unspecified atom stereocenters. The zero-order valence-corrected chi connectivity index (χ0v) is 16.4. The van der Waals surface area contributed by atoms with Gasteiger partial charge in [0.15, 0.2) is 0 Å². The fraction of sp³-hybridized carbons (Fsp3) is 0.619. The summed E-state index contributed by atoms with van der Waals surface area (Å²) in [5, 5.41) is 0. The van der Waals surface area contributed by atoms with Crippen LogP contribution in [-0.2, 0) is 9.59 Å². The Morgan fingerprint density at radius 3 is 2.04 bits per heavy atom. The van der Waals surface area contributed by atoms with E-state index in [0.29, 0.717) is 39.0 Å². The van der Waals surface area contributed by atoms with Gasteiger partial charge in [-0.1, -0.05) is 13.8 Å².